The smallest absolute Gasteiger partial charge is 0.182 e. The Morgan fingerprint density at radius 2 is 0.706 bits per heavy atom. The van der Waals surface area contributed by atoms with Gasteiger partial charge in [0.05, 0.1) is 22.1 Å². The van der Waals surface area contributed by atoms with Gasteiger partial charge in [0.25, 0.3) is 0 Å². The average Bonchev–Trinajstić information content (AvgIpc) is 4.09. The molecule has 0 aliphatic carbocycles. The van der Waals surface area contributed by atoms with E-state index in [9.17, 15) is 0 Å². The number of aromatic nitrogens is 5. The normalized spacial score (nSPS) is 11.6. The molecule has 6 heteroatoms. The molecule has 10 aromatic carbocycles. The molecule has 0 fully saturated rings. The largest absolute Gasteiger partial charge is 0.309 e. The molecule has 0 bridgehead atoms. The molecule has 5 nitrogen and oxygen atoms in total. The highest BCUT2D eigenvalue weighted by Crippen LogP contribution is 2.39. The fraction of sp³-hybridized carbons (Fsp3) is 0. The van der Waals surface area contributed by atoms with Crippen LogP contribution in [0.1, 0.15) is 0 Å². The number of benzene rings is 10. The van der Waals surface area contributed by atoms with Crippen molar-refractivity contribution >= 4 is 55.6 Å². The van der Waals surface area contributed by atoms with Crippen molar-refractivity contribution in [2.45, 2.75) is 4.90 Å². The van der Waals surface area contributed by atoms with Crippen LogP contribution >= 0.6 is 11.9 Å². The van der Waals surface area contributed by atoms with Crippen LogP contribution in [0.4, 0.5) is 0 Å². The first-order valence-corrected chi connectivity index (χ1v) is 23.7. The van der Waals surface area contributed by atoms with Crippen molar-refractivity contribution in [3.8, 4) is 67.5 Å². The lowest BCUT2D eigenvalue weighted by Gasteiger charge is -2.11. The van der Waals surface area contributed by atoms with Gasteiger partial charge in [0, 0.05) is 60.9 Å². The SMILES string of the molecule is c1ccc(Sn2nc(-c3cccc(-c4ccc5c(c4)c4ccccc4n5-c4ccc(-c5ccc6c(c5)c5ccccc5n6-c5ccc(-c6ccccc6)cc5)cc4)c3)nc2-c2ccccc2)cc1. The highest BCUT2D eigenvalue weighted by molar-refractivity contribution is 7.97. The zero-order valence-corrected chi connectivity index (χ0v) is 37.6. The Hall–Kier alpha value is -8.71. The molecule has 0 aliphatic heterocycles. The van der Waals surface area contributed by atoms with Crippen molar-refractivity contribution in [2.75, 3.05) is 0 Å². The summed E-state index contributed by atoms with van der Waals surface area (Å²) in [6.45, 7) is 0. The summed E-state index contributed by atoms with van der Waals surface area (Å²) < 4.78 is 6.71. The second-order valence-corrected chi connectivity index (χ2v) is 18.1. The van der Waals surface area contributed by atoms with E-state index >= 15 is 0 Å². The van der Waals surface area contributed by atoms with Crippen molar-refractivity contribution in [2.24, 2.45) is 0 Å². The third-order valence-corrected chi connectivity index (χ3v) is 13.9. The van der Waals surface area contributed by atoms with E-state index in [1.165, 1.54) is 60.3 Å². The quantitative estimate of drug-likeness (QED) is 0.145. The third kappa shape index (κ3) is 6.98. The maximum atomic E-state index is 5.11. The van der Waals surface area contributed by atoms with E-state index in [4.69, 9.17) is 10.1 Å². The summed E-state index contributed by atoms with van der Waals surface area (Å²) in [7, 11) is 0. The van der Waals surface area contributed by atoms with Crippen LogP contribution in [0.3, 0.4) is 0 Å². The minimum Gasteiger partial charge on any atom is -0.309 e. The summed E-state index contributed by atoms with van der Waals surface area (Å²) in [6, 6.07) is 88.9. The molecule has 0 N–H and O–H groups in total. The first-order valence-electron chi connectivity index (χ1n) is 22.9. The highest BCUT2D eigenvalue weighted by Gasteiger charge is 2.18. The summed E-state index contributed by atoms with van der Waals surface area (Å²) in [5, 5.41) is 9.95. The Balaban J connectivity index is 0.832. The molecule has 0 amide bonds. The van der Waals surface area contributed by atoms with Crippen molar-refractivity contribution in [1.29, 1.82) is 0 Å². The summed E-state index contributed by atoms with van der Waals surface area (Å²) >= 11 is 1.57. The first-order chi connectivity index (χ1) is 33.7. The molecule has 0 saturated carbocycles. The van der Waals surface area contributed by atoms with Gasteiger partial charge in [-0.05, 0) is 112 Å². The zero-order valence-electron chi connectivity index (χ0n) is 36.8. The molecule has 0 saturated heterocycles. The molecular formula is C62H41N5S. The third-order valence-electron chi connectivity index (χ3n) is 13.0. The number of hydrogen-bond acceptors (Lipinski definition) is 3. The predicted molar refractivity (Wildman–Crippen MR) is 284 cm³/mol. The minimum absolute atomic E-state index is 0.687. The van der Waals surface area contributed by atoms with Gasteiger partial charge in [0.1, 0.15) is 0 Å². The van der Waals surface area contributed by atoms with Crippen LogP contribution in [0.2, 0.25) is 0 Å². The van der Waals surface area contributed by atoms with Gasteiger partial charge in [-0.3, -0.25) is 0 Å². The molecule has 0 spiro atoms. The molecule has 320 valence electrons. The second-order valence-electron chi connectivity index (χ2n) is 17.1. The fourth-order valence-corrected chi connectivity index (χ4v) is 10.6. The number of para-hydroxylation sites is 2. The summed E-state index contributed by atoms with van der Waals surface area (Å²) in [4.78, 5) is 6.21. The Morgan fingerprint density at radius 1 is 0.294 bits per heavy atom. The minimum atomic E-state index is 0.687. The highest BCUT2D eigenvalue weighted by atomic mass is 32.2. The van der Waals surface area contributed by atoms with E-state index in [2.05, 4.69) is 221 Å². The summed E-state index contributed by atoms with van der Waals surface area (Å²) in [5.41, 5.74) is 16.0. The Labute approximate surface area is 398 Å². The lowest BCUT2D eigenvalue weighted by atomic mass is 10.0. The monoisotopic (exact) mass is 887 g/mol. The van der Waals surface area contributed by atoms with Crippen LogP contribution in [0.15, 0.2) is 254 Å². The van der Waals surface area contributed by atoms with Gasteiger partial charge >= 0.3 is 0 Å². The molecule has 0 atom stereocenters. The maximum Gasteiger partial charge on any atom is 0.182 e. The number of hydrogen-bond donors (Lipinski definition) is 0. The first kappa shape index (κ1) is 39.6. The van der Waals surface area contributed by atoms with Gasteiger partial charge in [0.2, 0.25) is 0 Å². The van der Waals surface area contributed by atoms with E-state index in [1.807, 2.05) is 40.5 Å². The fourth-order valence-electron chi connectivity index (χ4n) is 9.76. The summed E-state index contributed by atoms with van der Waals surface area (Å²) in [5.74, 6) is 1.50. The van der Waals surface area contributed by atoms with Crippen LogP contribution in [0, 0.1) is 0 Å². The molecule has 13 rings (SSSR count). The van der Waals surface area contributed by atoms with Crippen molar-refractivity contribution < 1.29 is 0 Å². The maximum absolute atomic E-state index is 5.11. The Morgan fingerprint density at radius 3 is 1.29 bits per heavy atom. The van der Waals surface area contributed by atoms with E-state index in [1.54, 1.807) is 11.9 Å². The Kier molecular flexibility index (Phi) is 9.69. The molecule has 3 aromatic heterocycles. The number of fused-ring (bicyclic) bond motifs is 6. The summed E-state index contributed by atoms with van der Waals surface area (Å²) in [6.07, 6.45) is 0. The lowest BCUT2D eigenvalue weighted by Crippen LogP contribution is -1.94. The molecule has 68 heavy (non-hydrogen) atoms. The molecular weight excluding hydrogens is 847 g/mol. The average molecular weight is 888 g/mol. The van der Waals surface area contributed by atoms with Gasteiger partial charge in [0.15, 0.2) is 11.6 Å². The lowest BCUT2D eigenvalue weighted by molar-refractivity contribution is 1.02. The van der Waals surface area contributed by atoms with E-state index in [0.717, 1.165) is 49.9 Å². The molecule has 13 aromatic rings. The van der Waals surface area contributed by atoms with Gasteiger partial charge in [-0.15, -0.1) is 5.10 Å². The predicted octanol–water partition coefficient (Wildman–Crippen LogP) is 16.4. The van der Waals surface area contributed by atoms with E-state index < -0.39 is 0 Å². The molecule has 0 radical (unpaired) electrons. The van der Waals surface area contributed by atoms with Crippen LogP contribution in [0.25, 0.3) is 111 Å². The Bertz CT molecular complexity index is 3960. The topological polar surface area (TPSA) is 40.6 Å². The van der Waals surface area contributed by atoms with E-state index in [0.29, 0.717) is 5.82 Å². The number of nitrogens with zero attached hydrogens (tertiary/aromatic N) is 5. The van der Waals surface area contributed by atoms with Gasteiger partial charge in [-0.1, -0.05) is 170 Å². The van der Waals surface area contributed by atoms with Crippen molar-refractivity contribution in [3.05, 3.63) is 249 Å². The van der Waals surface area contributed by atoms with Crippen LogP contribution in [-0.2, 0) is 0 Å². The molecule has 3 heterocycles. The van der Waals surface area contributed by atoms with Crippen molar-refractivity contribution in [1.82, 2.24) is 23.3 Å². The van der Waals surface area contributed by atoms with Crippen molar-refractivity contribution in [3.63, 3.8) is 0 Å². The van der Waals surface area contributed by atoms with Crippen LogP contribution in [0.5, 0.6) is 0 Å². The zero-order chi connectivity index (χ0) is 45.0. The number of rotatable bonds is 9. The van der Waals surface area contributed by atoms with Gasteiger partial charge in [-0.25, -0.2) is 4.98 Å². The molecule has 0 aliphatic rings. The van der Waals surface area contributed by atoms with Gasteiger partial charge < -0.3 is 9.13 Å². The van der Waals surface area contributed by atoms with Gasteiger partial charge in [-0.2, -0.15) is 4.09 Å². The van der Waals surface area contributed by atoms with Crippen LogP contribution in [-0.4, -0.2) is 23.3 Å². The van der Waals surface area contributed by atoms with E-state index in [-0.39, 0.29) is 0 Å². The molecule has 0 unspecified atom stereocenters. The van der Waals surface area contributed by atoms with Crippen LogP contribution < -0.4 is 0 Å². The second kappa shape index (κ2) is 16.6. The standard InChI is InChI=1S/C62H41N5S/c1-4-15-42(16-5-1)43-27-33-50(34-28-43)65-57-25-12-10-23-53(57)55-40-47(31-37-59(55)65)44-29-35-51(36-30-44)66-58-26-13-11-24-54(58)56-41-48(32-38-60(56)66)46-19-14-20-49(39-46)61-63-62(45-17-6-2-7-18-45)67(64-61)68-52-21-8-3-9-22-52/h1-41H.